The third-order valence-electron chi connectivity index (χ3n) is 3.80. The van der Waals surface area contributed by atoms with Crippen molar-refractivity contribution < 1.29 is 0 Å². The average molecular weight is 214 g/mol. The van der Waals surface area contributed by atoms with E-state index in [1.165, 1.54) is 19.3 Å². The maximum absolute atomic E-state index is 2.44. The highest BCUT2D eigenvalue weighted by Crippen LogP contribution is 2.42. The van der Waals surface area contributed by atoms with Gasteiger partial charge in [-0.05, 0) is 30.6 Å². The molecule has 0 spiro atoms. The summed E-state index contributed by atoms with van der Waals surface area (Å²) >= 11 is 0. The van der Waals surface area contributed by atoms with Crippen LogP contribution in [0.4, 0.5) is 0 Å². The van der Waals surface area contributed by atoms with Crippen molar-refractivity contribution in [2.45, 2.75) is 80.6 Å². The summed E-state index contributed by atoms with van der Waals surface area (Å²) in [4.78, 5) is 0. The summed E-state index contributed by atoms with van der Waals surface area (Å²) in [6, 6.07) is 0. The smallest absolute Gasteiger partial charge is 0.0383 e. The first-order valence-electron chi connectivity index (χ1n) is 6.36. The molecule has 0 amide bonds. The average Bonchev–Trinajstić information content (AvgIpc) is 2.21. The van der Waals surface area contributed by atoms with E-state index < -0.39 is 0 Å². The van der Waals surface area contributed by atoms with Crippen molar-refractivity contribution in [2.24, 2.45) is 17.8 Å². The minimum atomic E-state index is 0. The number of fused-ring (bicyclic) bond motifs is 1. The number of rotatable bonds is 0. The van der Waals surface area contributed by atoms with Crippen molar-refractivity contribution in [2.75, 3.05) is 0 Å². The second kappa shape index (κ2) is 9.24. The molecule has 3 unspecified atom stereocenters. The van der Waals surface area contributed by atoms with Gasteiger partial charge in [0.25, 0.3) is 0 Å². The van der Waals surface area contributed by atoms with Gasteiger partial charge in [0.15, 0.2) is 0 Å². The molecular weight excluding hydrogens is 180 g/mol. The molecule has 2 aliphatic carbocycles. The molecule has 15 heavy (non-hydrogen) atoms. The summed E-state index contributed by atoms with van der Waals surface area (Å²) in [5.41, 5.74) is 0. The van der Waals surface area contributed by atoms with Crippen LogP contribution in [0.25, 0.3) is 0 Å². The SMILES string of the molecule is C.C.CC.CC1CCC2CCCCC2C1. The Bertz CT molecular complexity index is 128. The summed E-state index contributed by atoms with van der Waals surface area (Å²) < 4.78 is 0. The topological polar surface area (TPSA) is 0 Å². The largest absolute Gasteiger partial charge is 0.0776 e. The normalized spacial score (nSPS) is 33.4. The second-order valence-electron chi connectivity index (χ2n) is 4.72. The highest BCUT2D eigenvalue weighted by atomic mass is 14.4. The van der Waals surface area contributed by atoms with Crippen molar-refractivity contribution in [3.8, 4) is 0 Å². The summed E-state index contributed by atoms with van der Waals surface area (Å²) in [5, 5.41) is 0. The Kier molecular flexibility index (Phi) is 10.7. The van der Waals surface area contributed by atoms with Crippen LogP contribution < -0.4 is 0 Å². The predicted molar refractivity (Wildman–Crippen MR) is 73.3 cm³/mol. The molecule has 0 aromatic carbocycles. The Morgan fingerprint density at radius 1 is 0.733 bits per heavy atom. The first kappa shape index (κ1) is 17.4. The van der Waals surface area contributed by atoms with Crippen LogP contribution in [0.15, 0.2) is 0 Å². The van der Waals surface area contributed by atoms with Gasteiger partial charge < -0.3 is 0 Å². The van der Waals surface area contributed by atoms with E-state index in [2.05, 4.69) is 6.92 Å². The van der Waals surface area contributed by atoms with Gasteiger partial charge in [0, 0.05) is 0 Å². The first-order chi connectivity index (χ1) is 6.36. The van der Waals surface area contributed by atoms with Crippen molar-refractivity contribution in [3.05, 3.63) is 0 Å². The molecule has 0 nitrogen and oxygen atoms in total. The van der Waals surface area contributed by atoms with Gasteiger partial charge in [-0.25, -0.2) is 0 Å². The molecule has 0 bridgehead atoms. The van der Waals surface area contributed by atoms with Crippen molar-refractivity contribution in [1.29, 1.82) is 0 Å². The summed E-state index contributed by atoms with van der Waals surface area (Å²) in [5.74, 6) is 3.31. The zero-order valence-corrected chi connectivity index (χ0v) is 9.68. The second-order valence-corrected chi connectivity index (χ2v) is 4.72. The van der Waals surface area contributed by atoms with Crippen LogP contribution in [0.1, 0.15) is 80.6 Å². The lowest BCUT2D eigenvalue weighted by Crippen LogP contribution is -2.26. The van der Waals surface area contributed by atoms with Crippen LogP contribution in [0.3, 0.4) is 0 Å². The van der Waals surface area contributed by atoms with Gasteiger partial charge >= 0.3 is 0 Å². The standard InChI is InChI=1S/C11H20.C2H6.2CH4/c1-9-6-7-10-4-2-3-5-11(10)8-9;1-2;;/h9-11H,2-8H2,1H3;1-2H3;2*1H4. The van der Waals surface area contributed by atoms with Crippen LogP contribution in [0, 0.1) is 17.8 Å². The molecule has 0 aliphatic heterocycles. The monoisotopic (exact) mass is 214 g/mol. The van der Waals surface area contributed by atoms with Crippen molar-refractivity contribution in [1.82, 2.24) is 0 Å². The van der Waals surface area contributed by atoms with Crippen LogP contribution in [0.2, 0.25) is 0 Å². The highest BCUT2D eigenvalue weighted by Gasteiger charge is 2.29. The minimum absolute atomic E-state index is 0. The van der Waals surface area contributed by atoms with Gasteiger partial charge in [0.05, 0.1) is 0 Å². The minimum Gasteiger partial charge on any atom is -0.0776 e. The maximum Gasteiger partial charge on any atom is -0.0383 e. The third-order valence-corrected chi connectivity index (χ3v) is 3.80. The van der Waals surface area contributed by atoms with E-state index in [4.69, 9.17) is 0 Å². The molecule has 0 aromatic heterocycles. The zero-order chi connectivity index (χ0) is 9.68. The fraction of sp³-hybridized carbons (Fsp3) is 1.00. The lowest BCUT2D eigenvalue weighted by molar-refractivity contribution is 0.137. The molecule has 2 fully saturated rings. The maximum atomic E-state index is 2.44. The molecular formula is C15H34. The zero-order valence-electron chi connectivity index (χ0n) is 9.68. The lowest BCUT2D eigenvalue weighted by Gasteiger charge is -2.38. The molecule has 0 aromatic rings. The molecule has 0 heterocycles. The van der Waals surface area contributed by atoms with Crippen LogP contribution in [0.5, 0.6) is 0 Å². The Labute approximate surface area is 98.9 Å². The summed E-state index contributed by atoms with van der Waals surface area (Å²) in [6.07, 6.45) is 10.8. The van der Waals surface area contributed by atoms with E-state index in [9.17, 15) is 0 Å². The van der Waals surface area contributed by atoms with E-state index in [0.29, 0.717) is 0 Å². The van der Waals surface area contributed by atoms with E-state index >= 15 is 0 Å². The highest BCUT2D eigenvalue weighted by molar-refractivity contribution is 4.81. The molecule has 2 saturated carbocycles. The molecule has 0 heteroatoms. The lowest BCUT2D eigenvalue weighted by atomic mass is 9.68. The summed E-state index contributed by atoms with van der Waals surface area (Å²) in [7, 11) is 0. The Morgan fingerprint density at radius 2 is 1.27 bits per heavy atom. The van der Waals surface area contributed by atoms with Crippen LogP contribution >= 0.6 is 0 Å². The fourth-order valence-electron chi connectivity index (χ4n) is 3.11. The Hall–Kier alpha value is 0. The van der Waals surface area contributed by atoms with Gasteiger partial charge in [-0.15, -0.1) is 0 Å². The molecule has 0 N–H and O–H groups in total. The van der Waals surface area contributed by atoms with Gasteiger partial charge in [-0.2, -0.15) is 0 Å². The Balaban J connectivity index is 0. The van der Waals surface area contributed by atoms with E-state index in [1.807, 2.05) is 13.8 Å². The van der Waals surface area contributed by atoms with Crippen molar-refractivity contribution >= 4 is 0 Å². The van der Waals surface area contributed by atoms with Crippen LogP contribution in [-0.2, 0) is 0 Å². The van der Waals surface area contributed by atoms with Crippen LogP contribution in [-0.4, -0.2) is 0 Å². The van der Waals surface area contributed by atoms with Gasteiger partial charge in [-0.3, -0.25) is 0 Å². The molecule has 2 rings (SSSR count). The molecule has 2 aliphatic rings. The third kappa shape index (κ3) is 5.04. The van der Waals surface area contributed by atoms with E-state index in [1.54, 1.807) is 25.7 Å². The van der Waals surface area contributed by atoms with E-state index in [0.717, 1.165) is 17.8 Å². The Morgan fingerprint density at radius 3 is 1.87 bits per heavy atom. The molecule has 3 atom stereocenters. The number of hydrogen-bond acceptors (Lipinski definition) is 0. The quantitative estimate of drug-likeness (QED) is 0.470. The molecule has 94 valence electrons. The first-order valence-corrected chi connectivity index (χ1v) is 6.36. The fourth-order valence-corrected chi connectivity index (χ4v) is 3.11. The van der Waals surface area contributed by atoms with Gasteiger partial charge in [-0.1, -0.05) is 67.7 Å². The van der Waals surface area contributed by atoms with Gasteiger partial charge in [0.1, 0.15) is 0 Å². The summed E-state index contributed by atoms with van der Waals surface area (Å²) in [6.45, 7) is 6.44. The molecule has 0 radical (unpaired) electrons. The van der Waals surface area contributed by atoms with E-state index in [-0.39, 0.29) is 14.9 Å². The van der Waals surface area contributed by atoms with Gasteiger partial charge in [0.2, 0.25) is 0 Å². The number of hydrogen-bond donors (Lipinski definition) is 0. The molecule has 0 saturated heterocycles. The van der Waals surface area contributed by atoms with Crippen molar-refractivity contribution in [3.63, 3.8) is 0 Å². The predicted octanol–water partition coefficient (Wildman–Crippen LogP) is 5.91.